The first-order valence-corrected chi connectivity index (χ1v) is 5.65. The third-order valence-corrected chi connectivity index (χ3v) is 4.47. The number of aryl methyl sites for hydroxylation is 1. The van der Waals surface area contributed by atoms with Crippen LogP contribution in [0.3, 0.4) is 0 Å². The van der Waals surface area contributed by atoms with Crippen LogP contribution in [0.15, 0.2) is 9.85 Å². The average molecular weight is 245 g/mol. The lowest BCUT2D eigenvalue weighted by Crippen LogP contribution is -1.98. The zero-order valence-electron chi connectivity index (χ0n) is 6.76. The number of Topliss-reactive ketones (excluding diaryl/α,β-unsaturated/α-hetero) is 1. The van der Waals surface area contributed by atoms with Gasteiger partial charge in [0.15, 0.2) is 5.78 Å². The maximum Gasteiger partial charge on any atom is 0.177 e. The molecule has 12 heavy (non-hydrogen) atoms. The summed E-state index contributed by atoms with van der Waals surface area (Å²) in [5.41, 5.74) is 1.17. The third kappa shape index (κ3) is 1.36. The van der Waals surface area contributed by atoms with Crippen LogP contribution < -0.4 is 0 Å². The highest BCUT2D eigenvalue weighted by Crippen LogP contribution is 2.37. The molecule has 0 atom stereocenters. The maximum atomic E-state index is 11.6. The molecule has 0 aliphatic heterocycles. The first-order chi connectivity index (χ1) is 5.70. The van der Waals surface area contributed by atoms with E-state index in [-0.39, 0.29) is 0 Å². The van der Waals surface area contributed by atoms with Crippen molar-refractivity contribution in [3.8, 4) is 0 Å². The van der Waals surface area contributed by atoms with E-state index in [9.17, 15) is 4.79 Å². The van der Waals surface area contributed by atoms with E-state index in [1.165, 1.54) is 5.56 Å². The lowest BCUT2D eigenvalue weighted by molar-refractivity contribution is 0.0971. The molecule has 0 aromatic carbocycles. The molecule has 1 aromatic rings. The van der Waals surface area contributed by atoms with Crippen molar-refractivity contribution >= 4 is 33.0 Å². The second kappa shape index (κ2) is 2.96. The molecule has 1 aliphatic carbocycles. The van der Waals surface area contributed by atoms with Gasteiger partial charge in [0.1, 0.15) is 0 Å². The standard InChI is InChI=1S/C9H9BrOS/c1-5-4-12-9(7(5)10)8(11)6-2-3-6/h4,6H,2-3H2,1H3. The van der Waals surface area contributed by atoms with Gasteiger partial charge >= 0.3 is 0 Å². The van der Waals surface area contributed by atoms with Gasteiger partial charge in [-0.3, -0.25) is 4.79 Å². The minimum atomic E-state index is 0.333. The van der Waals surface area contributed by atoms with Gasteiger partial charge in [0.05, 0.1) is 4.88 Å². The van der Waals surface area contributed by atoms with E-state index in [2.05, 4.69) is 15.9 Å². The normalized spacial score (nSPS) is 16.5. The van der Waals surface area contributed by atoms with Gasteiger partial charge in [0, 0.05) is 10.4 Å². The van der Waals surface area contributed by atoms with Crippen LogP contribution in [0, 0.1) is 12.8 Å². The van der Waals surface area contributed by atoms with Crippen LogP contribution in [-0.2, 0) is 0 Å². The van der Waals surface area contributed by atoms with Gasteiger partial charge in [0.25, 0.3) is 0 Å². The van der Waals surface area contributed by atoms with Crippen LogP contribution >= 0.6 is 27.3 Å². The fourth-order valence-electron chi connectivity index (χ4n) is 1.13. The fourth-order valence-corrected chi connectivity index (χ4v) is 2.83. The number of carbonyl (C=O) groups excluding carboxylic acids is 1. The first-order valence-electron chi connectivity index (χ1n) is 3.98. The Morgan fingerprint density at radius 3 is 2.75 bits per heavy atom. The number of carbonyl (C=O) groups is 1. The molecule has 0 unspecified atom stereocenters. The van der Waals surface area contributed by atoms with Gasteiger partial charge in [-0.05, 0) is 46.6 Å². The zero-order chi connectivity index (χ0) is 8.72. The molecule has 2 rings (SSSR count). The van der Waals surface area contributed by atoms with E-state index >= 15 is 0 Å². The quantitative estimate of drug-likeness (QED) is 0.729. The molecule has 0 radical (unpaired) electrons. The van der Waals surface area contributed by atoms with Gasteiger partial charge in [-0.1, -0.05) is 0 Å². The monoisotopic (exact) mass is 244 g/mol. The summed E-state index contributed by atoms with van der Waals surface area (Å²) in [6.45, 7) is 2.02. The molecule has 0 spiro atoms. The minimum absolute atomic E-state index is 0.333. The van der Waals surface area contributed by atoms with Crippen LogP contribution in [-0.4, -0.2) is 5.78 Å². The van der Waals surface area contributed by atoms with E-state index in [4.69, 9.17) is 0 Å². The highest BCUT2D eigenvalue weighted by Gasteiger charge is 2.32. The van der Waals surface area contributed by atoms with E-state index < -0.39 is 0 Å². The molecule has 3 heteroatoms. The molecular weight excluding hydrogens is 236 g/mol. The predicted octanol–water partition coefficient (Wildman–Crippen LogP) is 3.41. The summed E-state index contributed by atoms with van der Waals surface area (Å²) in [4.78, 5) is 12.5. The van der Waals surface area contributed by atoms with Crippen molar-refractivity contribution in [3.05, 3.63) is 20.3 Å². The summed E-state index contributed by atoms with van der Waals surface area (Å²) < 4.78 is 1.00. The molecule has 1 nitrogen and oxygen atoms in total. The topological polar surface area (TPSA) is 17.1 Å². The maximum absolute atomic E-state index is 11.6. The Morgan fingerprint density at radius 2 is 2.33 bits per heavy atom. The van der Waals surface area contributed by atoms with Crippen molar-refractivity contribution in [2.75, 3.05) is 0 Å². The molecule has 1 aliphatic rings. The average Bonchev–Trinajstić information content (AvgIpc) is 2.82. The van der Waals surface area contributed by atoms with E-state index in [0.717, 1.165) is 22.2 Å². The second-order valence-electron chi connectivity index (χ2n) is 3.20. The van der Waals surface area contributed by atoms with Crippen molar-refractivity contribution in [1.29, 1.82) is 0 Å². The number of halogens is 1. The van der Waals surface area contributed by atoms with Crippen LogP contribution in [0.4, 0.5) is 0 Å². The molecule has 0 saturated heterocycles. The van der Waals surface area contributed by atoms with Crippen LogP contribution in [0.2, 0.25) is 0 Å². The SMILES string of the molecule is Cc1csc(C(=O)C2CC2)c1Br. The fraction of sp³-hybridized carbons (Fsp3) is 0.444. The first kappa shape index (κ1) is 8.45. The van der Waals surface area contributed by atoms with Gasteiger partial charge in [0.2, 0.25) is 0 Å². The van der Waals surface area contributed by atoms with E-state index in [0.29, 0.717) is 11.7 Å². The highest BCUT2D eigenvalue weighted by atomic mass is 79.9. The molecule has 1 aromatic heterocycles. The summed E-state index contributed by atoms with van der Waals surface area (Å²) >= 11 is 4.99. The second-order valence-corrected chi connectivity index (χ2v) is 4.87. The number of rotatable bonds is 2. The molecule has 0 bridgehead atoms. The Morgan fingerprint density at radius 1 is 1.67 bits per heavy atom. The number of ketones is 1. The van der Waals surface area contributed by atoms with Crippen molar-refractivity contribution < 1.29 is 4.79 Å². The van der Waals surface area contributed by atoms with Gasteiger partial charge < -0.3 is 0 Å². The summed E-state index contributed by atoms with van der Waals surface area (Å²) in [6.07, 6.45) is 2.17. The molecule has 0 N–H and O–H groups in total. The molecule has 64 valence electrons. The Hall–Kier alpha value is -0.150. The lowest BCUT2D eigenvalue weighted by Gasteiger charge is -1.94. The zero-order valence-corrected chi connectivity index (χ0v) is 9.17. The van der Waals surface area contributed by atoms with Gasteiger partial charge in [-0.2, -0.15) is 0 Å². The number of hydrogen-bond acceptors (Lipinski definition) is 2. The van der Waals surface area contributed by atoms with E-state index in [1.807, 2.05) is 12.3 Å². The van der Waals surface area contributed by atoms with Crippen LogP contribution in [0.1, 0.15) is 28.1 Å². The summed E-state index contributed by atoms with van der Waals surface area (Å²) in [5, 5.41) is 2.03. The highest BCUT2D eigenvalue weighted by molar-refractivity contribution is 9.10. The number of thiophene rings is 1. The van der Waals surface area contributed by atoms with Crippen molar-refractivity contribution in [3.63, 3.8) is 0 Å². The number of hydrogen-bond donors (Lipinski definition) is 0. The lowest BCUT2D eigenvalue weighted by atomic mass is 10.2. The van der Waals surface area contributed by atoms with Crippen molar-refractivity contribution in [2.24, 2.45) is 5.92 Å². The van der Waals surface area contributed by atoms with Crippen molar-refractivity contribution in [2.45, 2.75) is 19.8 Å². The Bertz CT molecular complexity index is 325. The molecule has 1 saturated carbocycles. The Kier molecular flexibility index (Phi) is 2.09. The van der Waals surface area contributed by atoms with Crippen LogP contribution in [0.25, 0.3) is 0 Å². The summed E-state index contributed by atoms with van der Waals surface area (Å²) in [6, 6.07) is 0. The predicted molar refractivity (Wildman–Crippen MR) is 53.8 cm³/mol. The van der Waals surface area contributed by atoms with Crippen molar-refractivity contribution in [1.82, 2.24) is 0 Å². The largest absolute Gasteiger partial charge is 0.293 e. The molecule has 1 fully saturated rings. The Balaban J connectivity index is 2.32. The summed E-state index contributed by atoms with van der Waals surface area (Å²) in [7, 11) is 0. The molecule has 0 amide bonds. The Labute approximate surface area is 83.9 Å². The smallest absolute Gasteiger partial charge is 0.177 e. The molecule has 1 heterocycles. The van der Waals surface area contributed by atoms with Gasteiger partial charge in [-0.25, -0.2) is 0 Å². The van der Waals surface area contributed by atoms with Crippen LogP contribution in [0.5, 0.6) is 0 Å². The third-order valence-electron chi connectivity index (χ3n) is 2.07. The summed E-state index contributed by atoms with van der Waals surface area (Å²) in [5.74, 6) is 0.666. The van der Waals surface area contributed by atoms with Gasteiger partial charge in [-0.15, -0.1) is 11.3 Å². The molecular formula is C9H9BrOS. The minimum Gasteiger partial charge on any atom is -0.293 e. The van der Waals surface area contributed by atoms with E-state index in [1.54, 1.807) is 11.3 Å².